The van der Waals surface area contributed by atoms with Crippen molar-refractivity contribution in [3.63, 3.8) is 0 Å². The molecule has 0 saturated heterocycles. The van der Waals surface area contributed by atoms with Crippen molar-refractivity contribution in [2.75, 3.05) is 6.61 Å². The maximum Gasteiger partial charge on any atom is 0.0673 e. The van der Waals surface area contributed by atoms with Gasteiger partial charge in [-0.25, -0.2) is 0 Å². The van der Waals surface area contributed by atoms with Crippen LogP contribution in [0.2, 0.25) is 0 Å². The predicted molar refractivity (Wildman–Crippen MR) is 71.8 cm³/mol. The number of aliphatic hydroxyl groups is 2. The van der Waals surface area contributed by atoms with Crippen LogP contribution in [-0.4, -0.2) is 22.9 Å². The first-order valence-corrected chi connectivity index (χ1v) is 6.98. The molecular weight excluding hydrogens is 212 g/mol. The summed E-state index contributed by atoms with van der Waals surface area (Å²) in [5.74, 6) is 0.817. The Morgan fingerprint density at radius 1 is 1.24 bits per heavy atom. The highest BCUT2D eigenvalue weighted by Crippen LogP contribution is 2.31. The largest absolute Gasteiger partial charge is 0.395 e. The lowest BCUT2D eigenvalue weighted by molar-refractivity contribution is -0.00257. The molecule has 0 amide bonds. The van der Waals surface area contributed by atoms with Crippen LogP contribution in [0, 0.1) is 17.3 Å². The zero-order chi connectivity index (χ0) is 12.9. The van der Waals surface area contributed by atoms with Crippen LogP contribution >= 0.6 is 0 Å². The molecule has 0 aromatic rings. The van der Waals surface area contributed by atoms with Gasteiger partial charge in [0.05, 0.1) is 12.7 Å². The first-order chi connectivity index (χ1) is 7.99. The van der Waals surface area contributed by atoms with E-state index in [0.717, 1.165) is 0 Å². The zero-order valence-electron chi connectivity index (χ0n) is 11.5. The quantitative estimate of drug-likeness (QED) is 0.725. The molecule has 0 unspecified atom stereocenters. The molecule has 0 radical (unpaired) electrons. The zero-order valence-corrected chi connectivity index (χ0v) is 11.5. The van der Waals surface area contributed by atoms with E-state index in [2.05, 4.69) is 6.08 Å². The maximum atomic E-state index is 10.2. The van der Waals surface area contributed by atoms with Crippen LogP contribution in [0.4, 0.5) is 0 Å². The molecule has 100 valence electrons. The molecular formula is C15H28O2. The normalized spacial score (nSPS) is 24.1. The standard InChI is InChI=1S/C15H28O2/c1-12(2)14(17)15(3,11-16)10-9-13-7-5-4-6-8-13/h9-10,12-14,16-17H,4-8,11H2,1-3H3/b10-9+/t14-,15+/m1/s1. The minimum absolute atomic E-state index is 0.00949. The van der Waals surface area contributed by atoms with E-state index < -0.39 is 11.5 Å². The van der Waals surface area contributed by atoms with E-state index in [9.17, 15) is 10.2 Å². The molecule has 1 fully saturated rings. The van der Waals surface area contributed by atoms with Gasteiger partial charge in [-0.2, -0.15) is 0 Å². The summed E-state index contributed by atoms with van der Waals surface area (Å²) in [6, 6.07) is 0. The fourth-order valence-electron chi connectivity index (χ4n) is 2.69. The third-order valence-electron chi connectivity index (χ3n) is 4.05. The highest BCUT2D eigenvalue weighted by Gasteiger charge is 2.32. The Morgan fingerprint density at radius 3 is 2.29 bits per heavy atom. The van der Waals surface area contributed by atoms with Gasteiger partial charge in [-0.15, -0.1) is 0 Å². The van der Waals surface area contributed by atoms with Gasteiger partial charge in [-0.05, 0) is 24.7 Å². The van der Waals surface area contributed by atoms with Crippen LogP contribution in [0.25, 0.3) is 0 Å². The van der Waals surface area contributed by atoms with E-state index >= 15 is 0 Å². The lowest BCUT2D eigenvalue weighted by Gasteiger charge is -2.33. The average Bonchev–Trinajstić information content (AvgIpc) is 2.36. The SMILES string of the molecule is CC(C)[C@@H](O)[C@@](C)(/C=C/C1CCCCC1)CO. The smallest absolute Gasteiger partial charge is 0.0673 e. The molecule has 0 aliphatic heterocycles. The van der Waals surface area contributed by atoms with Crippen molar-refractivity contribution in [3.8, 4) is 0 Å². The molecule has 1 aliphatic rings. The van der Waals surface area contributed by atoms with Crippen LogP contribution < -0.4 is 0 Å². The summed E-state index contributed by atoms with van der Waals surface area (Å²) in [7, 11) is 0. The molecule has 0 spiro atoms. The van der Waals surface area contributed by atoms with Crippen molar-refractivity contribution in [3.05, 3.63) is 12.2 Å². The van der Waals surface area contributed by atoms with Gasteiger partial charge in [-0.3, -0.25) is 0 Å². The Hall–Kier alpha value is -0.340. The summed E-state index contributed by atoms with van der Waals surface area (Å²) in [5, 5.41) is 19.7. The Morgan fingerprint density at radius 2 is 1.82 bits per heavy atom. The number of hydrogen-bond donors (Lipinski definition) is 2. The molecule has 17 heavy (non-hydrogen) atoms. The molecule has 0 bridgehead atoms. The Labute approximate surface area is 106 Å². The summed E-state index contributed by atoms with van der Waals surface area (Å²) in [4.78, 5) is 0. The second-order valence-electron chi connectivity index (χ2n) is 6.11. The fourth-order valence-corrected chi connectivity index (χ4v) is 2.69. The molecule has 2 atom stereocenters. The highest BCUT2D eigenvalue weighted by atomic mass is 16.3. The van der Waals surface area contributed by atoms with Crippen LogP contribution in [0.15, 0.2) is 12.2 Å². The van der Waals surface area contributed by atoms with Crippen molar-refractivity contribution < 1.29 is 10.2 Å². The first-order valence-electron chi connectivity index (χ1n) is 6.98. The third-order valence-corrected chi connectivity index (χ3v) is 4.05. The van der Waals surface area contributed by atoms with E-state index in [4.69, 9.17) is 0 Å². The Kier molecular flexibility index (Phi) is 5.68. The molecule has 1 aliphatic carbocycles. The van der Waals surface area contributed by atoms with Crippen molar-refractivity contribution in [1.29, 1.82) is 0 Å². The Balaban J connectivity index is 2.63. The van der Waals surface area contributed by atoms with Crippen LogP contribution in [0.3, 0.4) is 0 Å². The third kappa shape index (κ3) is 4.11. The van der Waals surface area contributed by atoms with Crippen molar-refractivity contribution >= 4 is 0 Å². The average molecular weight is 240 g/mol. The second kappa shape index (κ2) is 6.55. The van der Waals surface area contributed by atoms with Crippen molar-refractivity contribution in [2.45, 2.75) is 59.0 Å². The molecule has 1 rings (SSSR count). The van der Waals surface area contributed by atoms with Gasteiger partial charge in [0.15, 0.2) is 0 Å². The number of aliphatic hydroxyl groups excluding tert-OH is 2. The first kappa shape index (κ1) is 14.7. The molecule has 0 aromatic heterocycles. The van der Waals surface area contributed by atoms with Gasteiger partial charge >= 0.3 is 0 Å². The minimum atomic E-state index is -0.494. The van der Waals surface area contributed by atoms with E-state index in [0.29, 0.717) is 5.92 Å². The number of hydrogen-bond acceptors (Lipinski definition) is 2. The Bertz CT molecular complexity index is 241. The van der Waals surface area contributed by atoms with Crippen molar-refractivity contribution in [2.24, 2.45) is 17.3 Å². The number of rotatable bonds is 5. The van der Waals surface area contributed by atoms with Gasteiger partial charge in [0.1, 0.15) is 0 Å². The summed E-state index contributed by atoms with van der Waals surface area (Å²) < 4.78 is 0. The van der Waals surface area contributed by atoms with E-state index in [1.165, 1.54) is 32.1 Å². The lowest BCUT2D eigenvalue weighted by atomic mass is 9.78. The van der Waals surface area contributed by atoms with Crippen LogP contribution in [0.5, 0.6) is 0 Å². The van der Waals surface area contributed by atoms with Gasteiger partial charge in [-0.1, -0.05) is 52.2 Å². The predicted octanol–water partition coefficient (Wildman–Crippen LogP) is 3.14. The lowest BCUT2D eigenvalue weighted by Crippen LogP contribution is -2.37. The van der Waals surface area contributed by atoms with E-state index in [-0.39, 0.29) is 12.5 Å². The summed E-state index contributed by atoms with van der Waals surface area (Å²) >= 11 is 0. The van der Waals surface area contributed by atoms with E-state index in [1.54, 1.807) is 0 Å². The van der Waals surface area contributed by atoms with Crippen LogP contribution in [0.1, 0.15) is 52.9 Å². The topological polar surface area (TPSA) is 40.5 Å². The monoisotopic (exact) mass is 240 g/mol. The highest BCUT2D eigenvalue weighted by molar-refractivity contribution is 5.04. The molecule has 2 nitrogen and oxygen atoms in total. The van der Waals surface area contributed by atoms with Crippen molar-refractivity contribution in [1.82, 2.24) is 0 Å². The van der Waals surface area contributed by atoms with Gasteiger partial charge in [0.2, 0.25) is 0 Å². The maximum absolute atomic E-state index is 10.2. The molecule has 2 N–H and O–H groups in total. The number of allylic oxidation sites excluding steroid dienone is 1. The molecule has 0 heterocycles. The molecule has 0 aromatic carbocycles. The summed E-state index contributed by atoms with van der Waals surface area (Å²) in [6.45, 7) is 5.94. The summed E-state index contributed by atoms with van der Waals surface area (Å²) in [6.07, 6.45) is 10.3. The van der Waals surface area contributed by atoms with Crippen LogP contribution in [-0.2, 0) is 0 Å². The second-order valence-corrected chi connectivity index (χ2v) is 6.11. The fraction of sp³-hybridized carbons (Fsp3) is 0.867. The molecule has 1 saturated carbocycles. The minimum Gasteiger partial charge on any atom is -0.395 e. The molecule has 2 heteroatoms. The van der Waals surface area contributed by atoms with Gasteiger partial charge in [0, 0.05) is 5.41 Å². The van der Waals surface area contributed by atoms with E-state index in [1.807, 2.05) is 26.8 Å². The van der Waals surface area contributed by atoms with Gasteiger partial charge < -0.3 is 10.2 Å². The summed E-state index contributed by atoms with van der Waals surface area (Å²) in [5.41, 5.74) is -0.494. The van der Waals surface area contributed by atoms with Gasteiger partial charge in [0.25, 0.3) is 0 Å².